The molecule has 156 valence electrons. The topological polar surface area (TPSA) is 64.7 Å². The Bertz CT molecular complexity index is 1260. The van der Waals surface area contributed by atoms with E-state index < -0.39 is 17.8 Å². The number of benzene rings is 1. The van der Waals surface area contributed by atoms with Crippen LogP contribution in [0, 0.1) is 6.92 Å². The maximum Gasteiger partial charge on any atom is 0.435 e. The van der Waals surface area contributed by atoms with Crippen LogP contribution in [0.2, 0.25) is 5.02 Å². The fourth-order valence-corrected chi connectivity index (χ4v) is 4.26. The lowest BCUT2D eigenvalue weighted by Crippen LogP contribution is -2.12. The van der Waals surface area contributed by atoms with Gasteiger partial charge in [-0.05, 0) is 18.6 Å². The standard InChI is InChI=1S/C19H15ClF3N5OS/c1-10-4-3-5-11(6-10)8-28-9-13(20)16(26-28)24-17(29)14-7-12-15(19(21,22)23)25-27(2)18(12)30-14/h3-7,9H,8H2,1-2H3,(H,24,26,29). The monoisotopic (exact) mass is 453 g/mol. The first-order chi connectivity index (χ1) is 14.1. The molecule has 30 heavy (non-hydrogen) atoms. The number of thiophene rings is 1. The number of hydrogen-bond acceptors (Lipinski definition) is 4. The molecule has 4 aromatic rings. The second-order valence-corrected chi connectivity index (χ2v) is 8.20. The van der Waals surface area contributed by atoms with Gasteiger partial charge in [0, 0.05) is 18.6 Å². The summed E-state index contributed by atoms with van der Waals surface area (Å²) in [6.07, 6.45) is -3.03. The number of fused-ring (bicyclic) bond motifs is 1. The van der Waals surface area contributed by atoms with Gasteiger partial charge in [-0.25, -0.2) is 0 Å². The van der Waals surface area contributed by atoms with E-state index in [0.29, 0.717) is 6.54 Å². The molecular formula is C19H15ClF3N5OS. The smallest absolute Gasteiger partial charge is 0.303 e. The molecule has 0 aliphatic heterocycles. The van der Waals surface area contributed by atoms with Crippen molar-refractivity contribution in [3.8, 4) is 0 Å². The van der Waals surface area contributed by atoms with Crippen LogP contribution in [-0.2, 0) is 19.8 Å². The van der Waals surface area contributed by atoms with Crippen molar-refractivity contribution in [2.24, 2.45) is 7.05 Å². The van der Waals surface area contributed by atoms with Crippen molar-refractivity contribution >= 4 is 44.9 Å². The van der Waals surface area contributed by atoms with E-state index in [1.54, 1.807) is 10.9 Å². The number of carbonyl (C=O) groups is 1. The Kier molecular flexibility index (Phi) is 5.07. The van der Waals surface area contributed by atoms with Crippen LogP contribution in [-0.4, -0.2) is 25.5 Å². The summed E-state index contributed by atoms with van der Waals surface area (Å²) in [7, 11) is 1.40. The lowest BCUT2D eigenvalue weighted by molar-refractivity contribution is -0.140. The van der Waals surface area contributed by atoms with Crippen molar-refractivity contribution in [3.63, 3.8) is 0 Å². The van der Waals surface area contributed by atoms with Crippen LogP contribution >= 0.6 is 22.9 Å². The minimum atomic E-state index is -4.60. The third-order valence-corrected chi connectivity index (χ3v) is 5.86. The molecule has 1 aromatic carbocycles. The van der Waals surface area contributed by atoms with Gasteiger partial charge in [0.2, 0.25) is 0 Å². The zero-order valence-corrected chi connectivity index (χ0v) is 17.4. The minimum absolute atomic E-state index is 0.104. The molecule has 6 nitrogen and oxygen atoms in total. The van der Waals surface area contributed by atoms with Gasteiger partial charge in [-0.1, -0.05) is 41.4 Å². The van der Waals surface area contributed by atoms with E-state index in [4.69, 9.17) is 11.6 Å². The van der Waals surface area contributed by atoms with Crippen LogP contribution in [0.4, 0.5) is 19.0 Å². The quantitative estimate of drug-likeness (QED) is 0.467. The molecule has 1 amide bonds. The van der Waals surface area contributed by atoms with E-state index in [-0.39, 0.29) is 25.9 Å². The normalized spacial score (nSPS) is 11.9. The number of rotatable bonds is 4. The highest BCUT2D eigenvalue weighted by atomic mass is 35.5. The summed E-state index contributed by atoms with van der Waals surface area (Å²) in [5.41, 5.74) is 1.11. The molecule has 11 heteroatoms. The number of hydrogen-bond donors (Lipinski definition) is 1. The SMILES string of the molecule is Cc1cccc(Cn2cc(Cl)c(NC(=O)c3cc4c(C(F)(F)F)nn(C)c4s3)n2)c1. The van der Waals surface area contributed by atoms with Gasteiger partial charge in [0.25, 0.3) is 5.91 Å². The molecule has 0 aliphatic rings. The molecule has 0 spiro atoms. The minimum Gasteiger partial charge on any atom is -0.303 e. The Morgan fingerprint density at radius 3 is 2.73 bits per heavy atom. The predicted molar refractivity (Wildman–Crippen MR) is 109 cm³/mol. The third kappa shape index (κ3) is 3.92. The van der Waals surface area contributed by atoms with Gasteiger partial charge in [0.1, 0.15) is 9.85 Å². The number of aryl methyl sites for hydroxylation is 2. The molecule has 0 bridgehead atoms. The Morgan fingerprint density at radius 2 is 2.03 bits per heavy atom. The average molecular weight is 454 g/mol. The molecule has 0 aliphatic carbocycles. The van der Waals surface area contributed by atoms with Crippen molar-refractivity contribution in [1.29, 1.82) is 0 Å². The van der Waals surface area contributed by atoms with Crippen molar-refractivity contribution in [2.45, 2.75) is 19.6 Å². The Hall–Kier alpha value is -2.85. The van der Waals surface area contributed by atoms with E-state index >= 15 is 0 Å². The van der Waals surface area contributed by atoms with Crippen LogP contribution < -0.4 is 5.32 Å². The largest absolute Gasteiger partial charge is 0.435 e. The second-order valence-electron chi connectivity index (χ2n) is 6.77. The Morgan fingerprint density at radius 1 is 1.27 bits per heavy atom. The summed E-state index contributed by atoms with van der Waals surface area (Å²) in [5, 5.41) is 10.5. The summed E-state index contributed by atoms with van der Waals surface area (Å²) in [4.78, 5) is 13.0. The Labute approximate surface area is 177 Å². The van der Waals surface area contributed by atoms with E-state index in [2.05, 4.69) is 15.5 Å². The van der Waals surface area contributed by atoms with Crippen LogP contribution in [0.3, 0.4) is 0 Å². The maximum atomic E-state index is 13.1. The van der Waals surface area contributed by atoms with Gasteiger partial charge in [-0.15, -0.1) is 11.3 Å². The molecular weight excluding hydrogens is 439 g/mol. The molecule has 3 aromatic heterocycles. The van der Waals surface area contributed by atoms with Gasteiger partial charge >= 0.3 is 6.18 Å². The molecule has 0 atom stereocenters. The summed E-state index contributed by atoms with van der Waals surface area (Å²) in [6.45, 7) is 2.44. The van der Waals surface area contributed by atoms with Gasteiger partial charge in [0.15, 0.2) is 11.5 Å². The van der Waals surface area contributed by atoms with Crippen molar-refractivity contribution in [1.82, 2.24) is 19.6 Å². The molecule has 0 radical (unpaired) electrons. The van der Waals surface area contributed by atoms with Crippen LogP contribution in [0.15, 0.2) is 36.5 Å². The first-order valence-electron chi connectivity index (χ1n) is 8.75. The molecule has 4 rings (SSSR count). The molecule has 0 unspecified atom stereocenters. The summed E-state index contributed by atoms with van der Waals surface area (Å²) < 4.78 is 42.1. The summed E-state index contributed by atoms with van der Waals surface area (Å²) >= 11 is 7.10. The van der Waals surface area contributed by atoms with E-state index in [9.17, 15) is 18.0 Å². The van der Waals surface area contributed by atoms with Gasteiger partial charge in [0.05, 0.1) is 11.4 Å². The highest BCUT2D eigenvalue weighted by Gasteiger charge is 2.37. The van der Waals surface area contributed by atoms with Crippen molar-refractivity contribution in [2.75, 3.05) is 5.32 Å². The highest BCUT2D eigenvalue weighted by Crippen LogP contribution is 2.37. The summed E-state index contributed by atoms with van der Waals surface area (Å²) in [6, 6.07) is 9.06. The van der Waals surface area contributed by atoms with Crippen LogP contribution in [0.5, 0.6) is 0 Å². The number of amides is 1. The van der Waals surface area contributed by atoms with Crippen molar-refractivity contribution in [3.05, 3.63) is 63.2 Å². The van der Waals surface area contributed by atoms with Crippen molar-refractivity contribution < 1.29 is 18.0 Å². The lowest BCUT2D eigenvalue weighted by Gasteiger charge is -2.03. The van der Waals surface area contributed by atoms with Gasteiger partial charge in [-0.3, -0.25) is 14.2 Å². The predicted octanol–water partition coefficient (Wildman–Crippen LogP) is 5.11. The number of nitrogens with one attached hydrogen (secondary N) is 1. The number of nitrogens with zero attached hydrogens (tertiary/aromatic N) is 4. The molecule has 0 fully saturated rings. The number of carbonyl (C=O) groups excluding carboxylic acids is 1. The number of anilines is 1. The van der Waals surface area contributed by atoms with Gasteiger partial charge in [-0.2, -0.15) is 23.4 Å². The third-order valence-electron chi connectivity index (χ3n) is 4.38. The lowest BCUT2D eigenvalue weighted by atomic mass is 10.1. The van der Waals surface area contributed by atoms with Crippen LogP contribution in [0.25, 0.3) is 10.2 Å². The van der Waals surface area contributed by atoms with E-state index in [1.165, 1.54) is 13.1 Å². The number of aromatic nitrogens is 4. The first-order valence-corrected chi connectivity index (χ1v) is 9.95. The zero-order valence-electron chi connectivity index (χ0n) is 15.8. The highest BCUT2D eigenvalue weighted by molar-refractivity contribution is 7.20. The van der Waals surface area contributed by atoms with Crippen LogP contribution in [0.1, 0.15) is 26.5 Å². The Balaban J connectivity index is 1.56. The zero-order chi connectivity index (χ0) is 21.6. The molecule has 0 saturated carbocycles. The maximum absolute atomic E-state index is 13.1. The molecule has 0 saturated heterocycles. The molecule has 1 N–H and O–H groups in total. The fourth-order valence-electron chi connectivity index (χ4n) is 3.09. The number of halogens is 4. The van der Waals surface area contributed by atoms with Gasteiger partial charge < -0.3 is 5.32 Å². The van der Waals surface area contributed by atoms with E-state index in [0.717, 1.165) is 27.1 Å². The number of alkyl halides is 3. The van der Waals surface area contributed by atoms with E-state index in [1.807, 2.05) is 31.2 Å². The summed E-state index contributed by atoms with van der Waals surface area (Å²) in [5.74, 6) is -0.451. The average Bonchev–Trinajstić information content (AvgIpc) is 3.30. The molecule has 3 heterocycles. The first kappa shape index (κ1) is 20.4. The fraction of sp³-hybridized carbons (Fsp3) is 0.211. The second kappa shape index (κ2) is 7.44.